The van der Waals surface area contributed by atoms with Crippen molar-refractivity contribution in [2.24, 2.45) is 0 Å². The molecule has 1 fully saturated rings. The van der Waals surface area contributed by atoms with Crippen LogP contribution >= 0.6 is 0 Å². The second-order valence-corrected chi connectivity index (χ2v) is 4.74. The van der Waals surface area contributed by atoms with Crippen LogP contribution in [0, 0.1) is 0 Å². The molecule has 3 heterocycles. The van der Waals surface area contributed by atoms with Gasteiger partial charge in [-0.3, -0.25) is 9.69 Å². The van der Waals surface area contributed by atoms with Crippen molar-refractivity contribution in [2.45, 2.75) is 25.9 Å². The normalized spacial score (nSPS) is 17.7. The Bertz CT molecular complexity index is 601. The largest absolute Gasteiger partial charge is 0.389 e. The summed E-state index contributed by atoms with van der Waals surface area (Å²) in [5.41, 5.74) is 1.82. The van der Waals surface area contributed by atoms with E-state index in [1.807, 2.05) is 34.9 Å². The zero-order valence-corrected chi connectivity index (χ0v) is 10.3. The molecular weight excluding hydrogens is 228 g/mol. The number of aromatic nitrogens is 1. The van der Waals surface area contributed by atoms with Crippen LogP contribution in [0.3, 0.4) is 0 Å². The van der Waals surface area contributed by atoms with Gasteiger partial charge in [-0.15, -0.1) is 0 Å². The number of nitrogens with zero attached hydrogens (tertiary/aromatic N) is 2. The third-order valence-corrected chi connectivity index (χ3v) is 3.46. The van der Waals surface area contributed by atoms with Crippen LogP contribution in [0.5, 0.6) is 0 Å². The smallest absolute Gasteiger partial charge is 0.228 e. The van der Waals surface area contributed by atoms with Crippen LogP contribution in [0.25, 0.3) is 5.52 Å². The average Bonchev–Trinajstić information content (AvgIpc) is 2.92. The van der Waals surface area contributed by atoms with Crippen molar-refractivity contribution in [1.82, 2.24) is 4.40 Å². The summed E-state index contributed by atoms with van der Waals surface area (Å²) < 4.78 is 1.98. The highest BCUT2D eigenvalue weighted by Gasteiger charge is 2.27. The van der Waals surface area contributed by atoms with Gasteiger partial charge in [-0.25, -0.2) is 0 Å². The number of carbonyl (C=O) groups excluding carboxylic acids is 1. The molecule has 4 nitrogen and oxygen atoms in total. The van der Waals surface area contributed by atoms with Crippen LogP contribution in [-0.2, 0) is 4.79 Å². The zero-order chi connectivity index (χ0) is 12.7. The Labute approximate surface area is 105 Å². The summed E-state index contributed by atoms with van der Waals surface area (Å²) in [6.45, 7) is 2.47. The molecule has 2 aromatic heterocycles. The maximum atomic E-state index is 11.9. The minimum Gasteiger partial charge on any atom is -0.389 e. The highest BCUT2D eigenvalue weighted by Crippen LogP contribution is 2.32. The third-order valence-electron chi connectivity index (χ3n) is 3.46. The summed E-state index contributed by atoms with van der Waals surface area (Å²) in [5, 5.41) is 9.90. The van der Waals surface area contributed by atoms with E-state index in [9.17, 15) is 9.90 Å². The quantitative estimate of drug-likeness (QED) is 0.879. The molecule has 0 radical (unpaired) electrons. The Morgan fingerprint density at radius 1 is 1.39 bits per heavy atom. The maximum absolute atomic E-state index is 11.9. The first-order valence-corrected chi connectivity index (χ1v) is 6.27. The molecule has 0 aliphatic carbocycles. The van der Waals surface area contributed by atoms with Crippen LogP contribution in [0.15, 0.2) is 30.5 Å². The van der Waals surface area contributed by atoms with Crippen molar-refractivity contribution in [1.29, 1.82) is 0 Å². The lowest BCUT2D eigenvalue weighted by atomic mass is 10.2. The second kappa shape index (κ2) is 4.14. The van der Waals surface area contributed by atoms with Gasteiger partial charge in [0.15, 0.2) is 0 Å². The number of pyridine rings is 1. The van der Waals surface area contributed by atoms with E-state index in [0.717, 1.165) is 29.9 Å². The van der Waals surface area contributed by atoms with Gasteiger partial charge in [0.1, 0.15) is 5.82 Å². The van der Waals surface area contributed by atoms with E-state index >= 15 is 0 Å². The number of hydrogen-bond donors (Lipinski definition) is 1. The molecule has 1 unspecified atom stereocenters. The standard InChI is InChI=1S/C14H16N2O2/c1-10(17)12-9-11-5-2-3-7-15(11)14(12)16-8-4-6-13(16)18/h2-3,5,7,9-10,17H,4,6,8H2,1H3. The van der Waals surface area contributed by atoms with Gasteiger partial charge in [-0.05, 0) is 31.5 Å². The van der Waals surface area contributed by atoms with E-state index in [4.69, 9.17) is 0 Å². The highest BCUT2D eigenvalue weighted by atomic mass is 16.3. The van der Waals surface area contributed by atoms with Crippen LogP contribution in [0.2, 0.25) is 0 Å². The Morgan fingerprint density at radius 3 is 2.89 bits per heavy atom. The first-order chi connectivity index (χ1) is 8.68. The number of aliphatic hydroxyl groups is 1. The van der Waals surface area contributed by atoms with Crippen LogP contribution < -0.4 is 4.90 Å². The Balaban J connectivity index is 2.24. The summed E-state index contributed by atoms with van der Waals surface area (Å²) in [6.07, 6.45) is 2.84. The zero-order valence-electron chi connectivity index (χ0n) is 10.3. The molecule has 1 N–H and O–H groups in total. The Morgan fingerprint density at radius 2 is 2.22 bits per heavy atom. The lowest BCUT2D eigenvalue weighted by molar-refractivity contribution is -0.117. The summed E-state index contributed by atoms with van der Waals surface area (Å²) in [4.78, 5) is 13.7. The molecule has 0 saturated carbocycles. The minimum absolute atomic E-state index is 0.140. The predicted octanol–water partition coefficient (Wildman–Crippen LogP) is 2.12. The average molecular weight is 244 g/mol. The highest BCUT2D eigenvalue weighted by molar-refractivity contribution is 5.96. The number of fused-ring (bicyclic) bond motifs is 1. The molecule has 0 spiro atoms. The van der Waals surface area contributed by atoms with E-state index in [1.165, 1.54) is 0 Å². The minimum atomic E-state index is -0.576. The SMILES string of the molecule is CC(O)c1cc2ccccn2c1N1CCCC1=O. The number of carbonyl (C=O) groups is 1. The first-order valence-electron chi connectivity index (χ1n) is 6.27. The molecule has 1 atom stereocenters. The van der Waals surface area contributed by atoms with Crippen molar-refractivity contribution in [3.63, 3.8) is 0 Å². The number of amides is 1. The number of anilines is 1. The summed E-state index contributed by atoms with van der Waals surface area (Å²) >= 11 is 0. The van der Waals surface area contributed by atoms with Crippen LogP contribution in [-0.4, -0.2) is 22.0 Å². The van der Waals surface area contributed by atoms with Crippen LogP contribution in [0.1, 0.15) is 31.4 Å². The summed E-state index contributed by atoms with van der Waals surface area (Å²) in [5.74, 6) is 0.962. The third kappa shape index (κ3) is 1.61. The van der Waals surface area contributed by atoms with Gasteiger partial charge in [-0.1, -0.05) is 6.07 Å². The predicted molar refractivity (Wildman–Crippen MR) is 69.6 cm³/mol. The molecule has 4 heteroatoms. The van der Waals surface area contributed by atoms with E-state index in [1.54, 1.807) is 11.8 Å². The fraction of sp³-hybridized carbons (Fsp3) is 0.357. The van der Waals surface area contributed by atoms with Crippen molar-refractivity contribution >= 4 is 17.2 Å². The lowest BCUT2D eigenvalue weighted by Gasteiger charge is -2.19. The maximum Gasteiger partial charge on any atom is 0.228 e. The molecule has 18 heavy (non-hydrogen) atoms. The molecular formula is C14H16N2O2. The van der Waals surface area contributed by atoms with E-state index < -0.39 is 6.10 Å². The van der Waals surface area contributed by atoms with Crippen molar-refractivity contribution in [3.8, 4) is 0 Å². The fourth-order valence-electron chi connectivity index (χ4n) is 2.60. The van der Waals surface area contributed by atoms with Gasteiger partial charge in [-0.2, -0.15) is 0 Å². The molecule has 94 valence electrons. The Hall–Kier alpha value is -1.81. The fourth-order valence-corrected chi connectivity index (χ4v) is 2.60. The summed E-state index contributed by atoms with van der Waals surface area (Å²) in [6, 6.07) is 7.82. The number of hydrogen-bond acceptors (Lipinski definition) is 2. The molecule has 1 saturated heterocycles. The van der Waals surface area contributed by atoms with Gasteiger partial charge in [0.25, 0.3) is 0 Å². The summed E-state index contributed by atoms with van der Waals surface area (Å²) in [7, 11) is 0. The van der Waals surface area contributed by atoms with Crippen molar-refractivity contribution < 1.29 is 9.90 Å². The van der Waals surface area contributed by atoms with E-state index in [2.05, 4.69) is 0 Å². The van der Waals surface area contributed by atoms with Gasteiger partial charge in [0.05, 0.1) is 6.10 Å². The Kier molecular flexibility index (Phi) is 2.59. The monoisotopic (exact) mass is 244 g/mol. The van der Waals surface area contributed by atoms with Gasteiger partial charge >= 0.3 is 0 Å². The molecule has 0 aromatic carbocycles. The van der Waals surface area contributed by atoms with Crippen LogP contribution in [0.4, 0.5) is 5.82 Å². The second-order valence-electron chi connectivity index (χ2n) is 4.74. The number of aliphatic hydroxyl groups excluding tert-OH is 1. The molecule has 2 aromatic rings. The molecule has 1 amide bonds. The molecule has 0 bridgehead atoms. The van der Waals surface area contributed by atoms with Gasteiger partial charge in [0, 0.05) is 30.2 Å². The van der Waals surface area contributed by atoms with Gasteiger partial charge < -0.3 is 9.51 Å². The number of rotatable bonds is 2. The van der Waals surface area contributed by atoms with Crippen molar-refractivity contribution in [3.05, 3.63) is 36.0 Å². The lowest BCUT2D eigenvalue weighted by Crippen LogP contribution is -2.26. The molecule has 1 aliphatic heterocycles. The van der Waals surface area contributed by atoms with E-state index in [-0.39, 0.29) is 5.91 Å². The van der Waals surface area contributed by atoms with Crippen molar-refractivity contribution in [2.75, 3.05) is 11.4 Å². The van der Waals surface area contributed by atoms with E-state index in [0.29, 0.717) is 6.42 Å². The molecule has 3 rings (SSSR count). The van der Waals surface area contributed by atoms with Gasteiger partial charge in [0.2, 0.25) is 5.91 Å². The molecule has 1 aliphatic rings. The first kappa shape index (κ1) is 11.3. The topological polar surface area (TPSA) is 45.0 Å².